The fourth-order valence-corrected chi connectivity index (χ4v) is 1.63. The van der Waals surface area contributed by atoms with Crippen LogP contribution in [0.1, 0.15) is 72.1 Å². The summed E-state index contributed by atoms with van der Waals surface area (Å²) in [5.74, 6) is 0. The Kier molecular flexibility index (Phi) is 11.1. The van der Waals surface area contributed by atoms with Crippen molar-refractivity contribution in [3.8, 4) is 0 Å². The van der Waals surface area contributed by atoms with Crippen molar-refractivity contribution >= 4 is 6.21 Å². The maximum Gasteiger partial charge on any atom is 0.174 e. The highest BCUT2D eigenvalue weighted by atomic mass is 16.5. The average Bonchev–Trinajstić information content (AvgIpc) is 2.31. The molecular weight excluding hydrogens is 210 g/mol. The van der Waals surface area contributed by atoms with Crippen molar-refractivity contribution in [2.75, 3.05) is 0 Å². The summed E-state index contributed by atoms with van der Waals surface area (Å²) < 4.78 is 0.987. The van der Waals surface area contributed by atoms with Gasteiger partial charge in [-0.1, -0.05) is 51.5 Å². The van der Waals surface area contributed by atoms with Crippen LogP contribution in [-0.2, 0) is 0 Å². The molecule has 0 spiro atoms. The monoisotopic (exact) mass is 239 g/mol. The molecular formula is C15H29NO. The first-order chi connectivity index (χ1) is 8.18. The van der Waals surface area contributed by atoms with Crippen molar-refractivity contribution in [1.82, 2.24) is 0 Å². The maximum absolute atomic E-state index is 11.2. The van der Waals surface area contributed by atoms with Gasteiger partial charge in [-0.25, -0.2) is 4.74 Å². The fraction of sp³-hybridized carbons (Fsp3) is 0.800. The van der Waals surface area contributed by atoms with Crippen LogP contribution >= 0.6 is 0 Å². The molecule has 0 atom stereocenters. The molecule has 0 saturated heterocycles. The topological polar surface area (TPSA) is 26.1 Å². The Hall–Kier alpha value is -0.790. The lowest BCUT2D eigenvalue weighted by Gasteiger charge is -2.04. The molecule has 0 unspecified atom stereocenters. The Morgan fingerprint density at radius 1 is 1.00 bits per heavy atom. The molecule has 0 rings (SSSR count). The molecule has 0 heterocycles. The summed E-state index contributed by atoms with van der Waals surface area (Å²) in [6, 6.07) is 0.0400. The number of nitrogens with zero attached hydrogens (tertiary/aromatic N) is 1. The third kappa shape index (κ3) is 11.5. The van der Waals surface area contributed by atoms with Gasteiger partial charge in [-0.2, -0.15) is 0 Å². The van der Waals surface area contributed by atoms with E-state index in [0.29, 0.717) is 0 Å². The zero-order chi connectivity index (χ0) is 12.9. The molecule has 0 saturated carbocycles. The summed E-state index contributed by atoms with van der Waals surface area (Å²) in [4.78, 5) is 0. The largest absolute Gasteiger partial charge is 0.624 e. The van der Waals surface area contributed by atoms with E-state index in [1.807, 2.05) is 19.9 Å². The second-order valence-electron chi connectivity index (χ2n) is 4.94. The van der Waals surface area contributed by atoms with Crippen LogP contribution in [0.5, 0.6) is 0 Å². The second kappa shape index (κ2) is 11.7. The highest BCUT2D eigenvalue weighted by Crippen LogP contribution is 2.08. The van der Waals surface area contributed by atoms with Crippen LogP contribution in [0.2, 0.25) is 0 Å². The predicted molar refractivity (Wildman–Crippen MR) is 76.6 cm³/mol. The number of hydrogen-bond donors (Lipinski definition) is 0. The van der Waals surface area contributed by atoms with E-state index in [0.717, 1.165) is 11.2 Å². The Morgan fingerprint density at radius 3 is 2.18 bits per heavy atom. The lowest BCUT2D eigenvalue weighted by molar-refractivity contribution is -0.486. The van der Waals surface area contributed by atoms with Gasteiger partial charge in [0.2, 0.25) is 0 Å². The molecule has 0 aliphatic heterocycles. The SMILES string of the molecule is CCCCCCCCC/C=C/C=[N+](\[O-])C(C)C. The van der Waals surface area contributed by atoms with Crippen molar-refractivity contribution < 1.29 is 4.74 Å². The van der Waals surface area contributed by atoms with Crippen LogP contribution in [0.15, 0.2) is 12.2 Å². The minimum atomic E-state index is 0.0400. The second-order valence-corrected chi connectivity index (χ2v) is 4.94. The molecule has 2 heteroatoms. The molecule has 0 N–H and O–H groups in total. The lowest BCUT2D eigenvalue weighted by atomic mass is 10.1. The van der Waals surface area contributed by atoms with Crippen LogP contribution < -0.4 is 0 Å². The summed E-state index contributed by atoms with van der Waals surface area (Å²) >= 11 is 0. The first-order valence-corrected chi connectivity index (χ1v) is 7.14. The van der Waals surface area contributed by atoms with E-state index in [4.69, 9.17) is 0 Å². The van der Waals surface area contributed by atoms with Gasteiger partial charge >= 0.3 is 0 Å². The third-order valence-corrected chi connectivity index (χ3v) is 2.85. The average molecular weight is 239 g/mol. The van der Waals surface area contributed by atoms with E-state index in [2.05, 4.69) is 13.0 Å². The minimum Gasteiger partial charge on any atom is -0.624 e. The molecule has 0 fully saturated rings. The number of rotatable bonds is 10. The van der Waals surface area contributed by atoms with E-state index >= 15 is 0 Å². The van der Waals surface area contributed by atoms with Crippen LogP contribution in [-0.4, -0.2) is 17.0 Å². The quantitative estimate of drug-likeness (QED) is 0.179. The molecule has 0 amide bonds. The summed E-state index contributed by atoms with van der Waals surface area (Å²) in [6.07, 6.45) is 16.1. The number of hydroxylamine groups is 1. The Bertz CT molecular complexity index is 219. The van der Waals surface area contributed by atoms with Gasteiger partial charge in [0, 0.05) is 0 Å². The predicted octanol–water partition coefficient (Wildman–Crippen LogP) is 4.67. The molecule has 2 nitrogen and oxygen atoms in total. The maximum atomic E-state index is 11.2. The van der Waals surface area contributed by atoms with Crippen molar-refractivity contribution in [1.29, 1.82) is 0 Å². The smallest absolute Gasteiger partial charge is 0.174 e. The Morgan fingerprint density at radius 2 is 1.59 bits per heavy atom. The summed E-state index contributed by atoms with van der Waals surface area (Å²) in [5.41, 5.74) is 0. The van der Waals surface area contributed by atoms with E-state index in [9.17, 15) is 5.21 Å². The van der Waals surface area contributed by atoms with E-state index in [1.54, 1.807) is 6.21 Å². The van der Waals surface area contributed by atoms with Crippen molar-refractivity contribution in [2.24, 2.45) is 0 Å². The number of hydrogen-bond acceptors (Lipinski definition) is 1. The summed E-state index contributed by atoms with van der Waals surface area (Å²) in [7, 11) is 0. The molecule has 0 bridgehead atoms. The van der Waals surface area contributed by atoms with Crippen LogP contribution in [0, 0.1) is 5.21 Å². The van der Waals surface area contributed by atoms with Gasteiger partial charge in [-0.3, -0.25) is 0 Å². The van der Waals surface area contributed by atoms with Gasteiger partial charge in [0.05, 0.1) is 0 Å². The lowest BCUT2D eigenvalue weighted by Crippen LogP contribution is -2.13. The van der Waals surface area contributed by atoms with Gasteiger partial charge in [-0.05, 0) is 32.8 Å². The molecule has 0 aliphatic rings. The van der Waals surface area contributed by atoms with Crippen LogP contribution in [0.4, 0.5) is 0 Å². The summed E-state index contributed by atoms with van der Waals surface area (Å²) in [5, 5.41) is 11.2. The third-order valence-electron chi connectivity index (χ3n) is 2.85. The standard InChI is InChI=1S/C15H29NO/c1-4-5-6-7-8-9-10-11-12-13-14-16(17)15(2)3/h12-15H,4-11H2,1-3H3/b13-12+,16-14-. The van der Waals surface area contributed by atoms with Crippen molar-refractivity contribution in [2.45, 2.75) is 78.2 Å². The molecule has 0 radical (unpaired) electrons. The van der Waals surface area contributed by atoms with Gasteiger partial charge in [0.25, 0.3) is 0 Å². The van der Waals surface area contributed by atoms with Crippen molar-refractivity contribution in [3.63, 3.8) is 0 Å². The highest BCUT2D eigenvalue weighted by Gasteiger charge is 1.95. The normalized spacial score (nSPS) is 12.8. The van der Waals surface area contributed by atoms with Gasteiger partial charge in [-0.15, -0.1) is 0 Å². The van der Waals surface area contributed by atoms with E-state index in [-0.39, 0.29) is 6.04 Å². The van der Waals surface area contributed by atoms with Crippen molar-refractivity contribution in [3.05, 3.63) is 17.4 Å². The Balaban J connectivity index is 3.33. The molecule has 0 aromatic carbocycles. The van der Waals surface area contributed by atoms with Crippen LogP contribution in [0.3, 0.4) is 0 Å². The molecule has 0 aliphatic carbocycles. The Labute approximate surface area is 107 Å². The molecule has 0 aromatic heterocycles. The van der Waals surface area contributed by atoms with E-state index in [1.165, 1.54) is 44.9 Å². The van der Waals surface area contributed by atoms with Gasteiger partial charge in [0.15, 0.2) is 12.3 Å². The van der Waals surface area contributed by atoms with E-state index < -0.39 is 0 Å². The number of unbranched alkanes of at least 4 members (excludes halogenated alkanes) is 7. The van der Waals surface area contributed by atoms with Crippen LogP contribution in [0.25, 0.3) is 0 Å². The summed E-state index contributed by atoms with van der Waals surface area (Å²) in [6.45, 7) is 6.04. The number of allylic oxidation sites excluding steroid dienone is 2. The zero-order valence-electron chi connectivity index (χ0n) is 11.8. The fourth-order valence-electron chi connectivity index (χ4n) is 1.63. The first-order valence-electron chi connectivity index (χ1n) is 7.14. The zero-order valence-corrected chi connectivity index (χ0v) is 11.8. The first kappa shape index (κ1) is 16.2. The van der Waals surface area contributed by atoms with Gasteiger partial charge in [0.1, 0.15) is 0 Å². The molecule has 100 valence electrons. The minimum absolute atomic E-state index is 0.0400. The van der Waals surface area contributed by atoms with Gasteiger partial charge < -0.3 is 5.21 Å². The highest BCUT2D eigenvalue weighted by molar-refractivity contribution is 5.66. The molecule has 17 heavy (non-hydrogen) atoms. The molecule has 0 aromatic rings.